The van der Waals surface area contributed by atoms with Crippen LogP contribution in [0.5, 0.6) is 5.75 Å². The molecule has 0 saturated carbocycles. The SMILES string of the molecule is NNC(=O)/C=C/c1ccc(OCc2ccc(Cl)cc2Cl)cc1. The van der Waals surface area contributed by atoms with E-state index in [0.29, 0.717) is 22.4 Å². The summed E-state index contributed by atoms with van der Waals surface area (Å²) < 4.78 is 5.66. The van der Waals surface area contributed by atoms with Crippen molar-refractivity contribution < 1.29 is 9.53 Å². The minimum atomic E-state index is -0.363. The molecule has 2 aromatic rings. The summed E-state index contributed by atoms with van der Waals surface area (Å²) in [7, 11) is 0. The van der Waals surface area contributed by atoms with Gasteiger partial charge in [-0.1, -0.05) is 41.4 Å². The van der Waals surface area contributed by atoms with Gasteiger partial charge >= 0.3 is 0 Å². The predicted octanol–water partition coefficient (Wildman–Crippen LogP) is 3.58. The topological polar surface area (TPSA) is 64.3 Å². The van der Waals surface area contributed by atoms with Crippen LogP contribution in [0.15, 0.2) is 48.5 Å². The molecule has 0 aromatic heterocycles. The van der Waals surface area contributed by atoms with E-state index in [9.17, 15) is 4.79 Å². The van der Waals surface area contributed by atoms with Crippen LogP contribution in [-0.2, 0) is 11.4 Å². The van der Waals surface area contributed by atoms with Crippen molar-refractivity contribution in [2.45, 2.75) is 6.61 Å². The number of nitrogens with two attached hydrogens (primary N) is 1. The van der Waals surface area contributed by atoms with Gasteiger partial charge in [0.2, 0.25) is 0 Å². The van der Waals surface area contributed by atoms with Gasteiger partial charge in [-0.2, -0.15) is 0 Å². The Labute approximate surface area is 138 Å². The molecule has 6 heteroatoms. The van der Waals surface area contributed by atoms with Gasteiger partial charge in [0.1, 0.15) is 12.4 Å². The average molecular weight is 337 g/mol. The molecule has 2 aromatic carbocycles. The Morgan fingerprint density at radius 3 is 2.55 bits per heavy atom. The van der Waals surface area contributed by atoms with Crippen molar-refractivity contribution in [3.05, 3.63) is 69.7 Å². The van der Waals surface area contributed by atoms with Gasteiger partial charge in [-0.05, 0) is 35.9 Å². The molecule has 114 valence electrons. The maximum Gasteiger partial charge on any atom is 0.257 e. The van der Waals surface area contributed by atoms with Crippen LogP contribution in [0.2, 0.25) is 10.0 Å². The largest absolute Gasteiger partial charge is 0.489 e. The molecule has 0 radical (unpaired) electrons. The number of hydrogen-bond acceptors (Lipinski definition) is 3. The third-order valence-electron chi connectivity index (χ3n) is 2.86. The number of carbonyl (C=O) groups is 1. The summed E-state index contributed by atoms with van der Waals surface area (Å²) in [6.07, 6.45) is 3.01. The highest BCUT2D eigenvalue weighted by Gasteiger charge is 2.02. The van der Waals surface area contributed by atoms with Gasteiger partial charge in [-0.15, -0.1) is 0 Å². The van der Waals surface area contributed by atoms with E-state index in [1.54, 1.807) is 18.2 Å². The molecule has 22 heavy (non-hydrogen) atoms. The normalized spacial score (nSPS) is 10.7. The van der Waals surface area contributed by atoms with E-state index >= 15 is 0 Å². The van der Waals surface area contributed by atoms with Gasteiger partial charge in [0.05, 0.1) is 0 Å². The summed E-state index contributed by atoms with van der Waals surface area (Å²) in [6, 6.07) is 12.6. The molecule has 0 fully saturated rings. The van der Waals surface area contributed by atoms with Crippen molar-refractivity contribution in [3.63, 3.8) is 0 Å². The van der Waals surface area contributed by atoms with Crippen molar-refractivity contribution in [3.8, 4) is 5.75 Å². The smallest absolute Gasteiger partial charge is 0.257 e. The molecule has 0 heterocycles. The number of benzene rings is 2. The van der Waals surface area contributed by atoms with Crippen LogP contribution in [0, 0.1) is 0 Å². The van der Waals surface area contributed by atoms with Gasteiger partial charge in [-0.3, -0.25) is 10.2 Å². The number of amides is 1. The fraction of sp³-hybridized carbons (Fsp3) is 0.0625. The summed E-state index contributed by atoms with van der Waals surface area (Å²) in [5.74, 6) is 5.32. The second-order valence-corrected chi connectivity index (χ2v) is 5.28. The molecule has 0 unspecified atom stereocenters. The number of carbonyl (C=O) groups excluding carboxylic acids is 1. The number of nitrogens with one attached hydrogen (secondary N) is 1. The Hall–Kier alpha value is -2.01. The highest BCUT2D eigenvalue weighted by molar-refractivity contribution is 6.35. The Bertz CT molecular complexity index is 685. The molecule has 0 atom stereocenters. The van der Waals surface area contributed by atoms with Gasteiger partial charge in [0, 0.05) is 21.7 Å². The summed E-state index contributed by atoms with van der Waals surface area (Å²) in [5.41, 5.74) is 3.74. The van der Waals surface area contributed by atoms with E-state index in [2.05, 4.69) is 0 Å². The zero-order valence-electron chi connectivity index (χ0n) is 11.6. The van der Waals surface area contributed by atoms with Crippen molar-refractivity contribution >= 4 is 35.2 Å². The maximum atomic E-state index is 11.0. The van der Waals surface area contributed by atoms with E-state index in [4.69, 9.17) is 33.8 Å². The van der Waals surface area contributed by atoms with E-state index < -0.39 is 0 Å². The highest BCUT2D eigenvalue weighted by Crippen LogP contribution is 2.23. The number of ether oxygens (including phenoxy) is 1. The van der Waals surface area contributed by atoms with E-state index in [1.165, 1.54) is 6.08 Å². The lowest BCUT2D eigenvalue weighted by Crippen LogP contribution is -2.27. The molecule has 0 aliphatic carbocycles. The third kappa shape index (κ3) is 4.77. The predicted molar refractivity (Wildman–Crippen MR) is 88.6 cm³/mol. The van der Waals surface area contributed by atoms with Gasteiger partial charge in [0.25, 0.3) is 5.91 Å². The first-order valence-electron chi connectivity index (χ1n) is 6.44. The zero-order chi connectivity index (χ0) is 15.9. The van der Waals surface area contributed by atoms with Gasteiger partial charge in [-0.25, -0.2) is 5.84 Å². The standard InChI is InChI=1S/C16H14Cl2N2O2/c17-13-5-4-12(15(18)9-13)10-22-14-6-1-11(2-7-14)3-8-16(21)20-19/h1-9H,10,19H2,(H,20,21)/b8-3+. The molecular formula is C16H14Cl2N2O2. The molecule has 0 aliphatic rings. The molecule has 3 N–H and O–H groups in total. The summed E-state index contributed by atoms with van der Waals surface area (Å²) in [5, 5.41) is 1.16. The fourth-order valence-corrected chi connectivity index (χ4v) is 2.16. The van der Waals surface area contributed by atoms with Crippen LogP contribution >= 0.6 is 23.2 Å². The van der Waals surface area contributed by atoms with Crippen LogP contribution in [0.4, 0.5) is 0 Å². The van der Waals surface area contributed by atoms with Gasteiger partial charge < -0.3 is 4.74 Å². The lowest BCUT2D eigenvalue weighted by atomic mass is 10.2. The van der Waals surface area contributed by atoms with Crippen LogP contribution in [0.1, 0.15) is 11.1 Å². The Morgan fingerprint density at radius 2 is 1.91 bits per heavy atom. The highest BCUT2D eigenvalue weighted by atomic mass is 35.5. The average Bonchev–Trinajstić information content (AvgIpc) is 2.52. The Balaban J connectivity index is 1.96. The molecule has 0 spiro atoms. The zero-order valence-corrected chi connectivity index (χ0v) is 13.1. The molecular weight excluding hydrogens is 323 g/mol. The third-order valence-corrected chi connectivity index (χ3v) is 3.45. The van der Waals surface area contributed by atoms with Gasteiger partial charge in [0.15, 0.2) is 0 Å². The first-order valence-corrected chi connectivity index (χ1v) is 7.19. The first kappa shape index (κ1) is 16.4. The molecule has 0 aliphatic heterocycles. The first-order chi connectivity index (χ1) is 10.6. The van der Waals surface area contributed by atoms with Crippen molar-refractivity contribution in [2.75, 3.05) is 0 Å². The summed E-state index contributed by atoms with van der Waals surface area (Å²) in [4.78, 5) is 11.0. The molecule has 1 amide bonds. The van der Waals surface area contributed by atoms with Crippen LogP contribution in [0.25, 0.3) is 6.08 Å². The van der Waals surface area contributed by atoms with Crippen LogP contribution in [0.3, 0.4) is 0 Å². The van der Waals surface area contributed by atoms with Crippen molar-refractivity contribution in [2.24, 2.45) is 5.84 Å². The number of rotatable bonds is 5. The number of halogens is 2. The van der Waals surface area contributed by atoms with Crippen molar-refractivity contribution in [1.29, 1.82) is 0 Å². The molecule has 4 nitrogen and oxygen atoms in total. The lowest BCUT2D eigenvalue weighted by Gasteiger charge is -2.08. The van der Waals surface area contributed by atoms with E-state index in [0.717, 1.165) is 11.1 Å². The summed E-state index contributed by atoms with van der Waals surface area (Å²) >= 11 is 11.9. The maximum absolute atomic E-state index is 11.0. The summed E-state index contributed by atoms with van der Waals surface area (Å²) in [6.45, 7) is 0.348. The second-order valence-electron chi connectivity index (χ2n) is 4.44. The van der Waals surface area contributed by atoms with E-state index in [1.807, 2.05) is 35.8 Å². The number of hydrogen-bond donors (Lipinski definition) is 2. The number of hydrazine groups is 1. The van der Waals surface area contributed by atoms with Crippen LogP contribution < -0.4 is 16.0 Å². The molecule has 0 bridgehead atoms. The monoisotopic (exact) mass is 336 g/mol. The quantitative estimate of drug-likeness (QED) is 0.379. The Morgan fingerprint density at radius 1 is 1.18 bits per heavy atom. The Kier molecular flexibility index (Phi) is 5.83. The second kappa shape index (κ2) is 7.84. The minimum Gasteiger partial charge on any atom is -0.489 e. The van der Waals surface area contributed by atoms with E-state index in [-0.39, 0.29) is 5.91 Å². The molecule has 0 saturated heterocycles. The fourth-order valence-electron chi connectivity index (χ4n) is 1.70. The minimum absolute atomic E-state index is 0.348. The molecule has 2 rings (SSSR count). The van der Waals surface area contributed by atoms with Crippen LogP contribution in [-0.4, -0.2) is 5.91 Å². The van der Waals surface area contributed by atoms with Crippen molar-refractivity contribution in [1.82, 2.24) is 5.43 Å². The lowest BCUT2D eigenvalue weighted by molar-refractivity contribution is -0.116.